The Hall–Kier alpha value is -1.59. The number of aromatic nitrogens is 1. The Morgan fingerprint density at radius 2 is 2.35 bits per heavy atom. The lowest BCUT2D eigenvalue weighted by Crippen LogP contribution is -2.11. The second-order valence-electron chi connectivity index (χ2n) is 3.38. The molecule has 88 valence electrons. The molecule has 6 heteroatoms. The molecule has 0 atom stereocenters. The maximum atomic E-state index is 11.0. The minimum atomic E-state index is -0.524. The Bertz CT molecular complexity index is 528. The van der Waals surface area contributed by atoms with Crippen molar-refractivity contribution in [2.45, 2.75) is 6.54 Å². The second kappa shape index (κ2) is 5.16. The van der Waals surface area contributed by atoms with Crippen molar-refractivity contribution in [2.24, 2.45) is 5.73 Å². The van der Waals surface area contributed by atoms with Gasteiger partial charge in [0.2, 0.25) is 5.91 Å². The largest absolute Gasteiger partial charge is 0.380 e. The van der Waals surface area contributed by atoms with E-state index in [-0.39, 0.29) is 0 Å². The fourth-order valence-corrected chi connectivity index (χ4v) is 2.15. The van der Waals surface area contributed by atoms with Crippen LogP contribution in [0.1, 0.15) is 15.2 Å². The first kappa shape index (κ1) is 11.9. The number of amides is 1. The molecule has 0 radical (unpaired) electrons. The van der Waals surface area contributed by atoms with Gasteiger partial charge in [0, 0.05) is 16.8 Å². The van der Waals surface area contributed by atoms with Crippen LogP contribution in [0.4, 0.5) is 5.69 Å². The number of thiazole rings is 1. The quantitative estimate of drug-likeness (QED) is 0.894. The molecule has 0 unspecified atom stereocenters. The first-order valence-corrected chi connectivity index (χ1v) is 6.13. The molecule has 4 nitrogen and oxygen atoms in total. The van der Waals surface area contributed by atoms with Crippen LogP contribution in [0.5, 0.6) is 0 Å². The van der Waals surface area contributed by atoms with Crippen LogP contribution in [-0.2, 0) is 6.54 Å². The Morgan fingerprint density at radius 3 is 2.94 bits per heavy atom. The molecule has 0 bridgehead atoms. The average Bonchev–Trinajstić information content (AvgIpc) is 2.78. The van der Waals surface area contributed by atoms with E-state index in [1.807, 2.05) is 0 Å². The van der Waals surface area contributed by atoms with Crippen molar-refractivity contribution < 1.29 is 4.79 Å². The number of halogens is 1. The van der Waals surface area contributed by atoms with E-state index in [4.69, 9.17) is 17.3 Å². The number of primary amides is 1. The van der Waals surface area contributed by atoms with Crippen LogP contribution in [0, 0.1) is 0 Å². The van der Waals surface area contributed by atoms with Crippen LogP contribution in [0.25, 0.3) is 0 Å². The molecule has 0 fully saturated rings. The van der Waals surface area contributed by atoms with Gasteiger partial charge in [-0.3, -0.25) is 9.78 Å². The molecule has 0 aliphatic rings. The number of anilines is 1. The molecule has 2 aromatic rings. The Labute approximate surface area is 107 Å². The van der Waals surface area contributed by atoms with Gasteiger partial charge in [0.15, 0.2) is 0 Å². The minimum absolute atomic E-state index is 0.329. The summed E-state index contributed by atoms with van der Waals surface area (Å²) in [5.74, 6) is -0.524. The van der Waals surface area contributed by atoms with Crippen LogP contribution in [-0.4, -0.2) is 10.9 Å². The smallest absolute Gasteiger partial charge is 0.250 e. The molecule has 3 N–H and O–H groups in total. The van der Waals surface area contributed by atoms with E-state index in [2.05, 4.69) is 10.3 Å². The molecule has 1 aromatic heterocycles. The van der Waals surface area contributed by atoms with E-state index < -0.39 is 5.91 Å². The van der Waals surface area contributed by atoms with Gasteiger partial charge in [-0.2, -0.15) is 0 Å². The molecule has 1 amide bonds. The molecule has 0 spiro atoms. The van der Waals surface area contributed by atoms with Crippen molar-refractivity contribution in [1.29, 1.82) is 0 Å². The van der Waals surface area contributed by atoms with Gasteiger partial charge in [0.1, 0.15) is 0 Å². The van der Waals surface area contributed by atoms with E-state index in [1.165, 1.54) is 0 Å². The predicted molar refractivity (Wildman–Crippen MR) is 69.4 cm³/mol. The number of nitrogens with two attached hydrogens (primary N) is 1. The predicted octanol–water partition coefficient (Wildman–Crippen LogP) is 2.51. The lowest BCUT2D eigenvalue weighted by atomic mass is 10.2. The van der Waals surface area contributed by atoms with Crippen LogP contribution in [0.15, 0.2) is 29.9 Å². The number of hydrogen-bond donors (Lipinski definition) is 2. The summed E-state index contributed by atoms with van der Waals surface area (Å²) in [5, 5.41) is 3.54. The highest BCUT2D eigenvalue weighted by atomic mass is 35.5. The highest BCUT2D eigenvalue weighted by Gasteiger charge is 2.06. The third-order valence-electron chi connectivity index (χ3n) is 2.18. The first-order chi connectivity index (χ1) is 8.16. The number of rotatable bonds is 4. The van der Waals surface area contributed by atoms with Crippen molar-refractivity contribution in [1.82, 2.24) is 4.98 Å². The summed E-state index contributed by atoms with van der Waals surface area (Å²) >= 11 is 7.51. The lowest BCUT2D eigenvalue weighted by Gasteiger charge is -2.06. The third kappa shape index (κ3) is 2.95. The first-order valence-electron chi connectivity index (χ1n) is 4.87. The zero-order chi connectivity index (χ0) is 12.3. The Balaban J connectivity index is 2.07. The number of nitrogens with one attached hydrogen (secondary N) is 1. The lowest BCUT2D eigenvalue weighted by molar-refractivity contribution is 0.100. The molecular weight excluding hydrogens is 258 g/mol. The number of carbonyl (C=O) groups is 1. The highest BCUT2D eigenvalue weighted by Crippen LogP contribution is 2.21. The van der Waals surface area contributed by atoms with Crippen molar-refractivity contribution in [3.63, 3.8) is 0 Å². The van der Waals surface area contributed by atoms with E-state index in [9.17, 15) is 4.79 Å². The highest BCUT2D eigenvalue weighted by molar-refractivity contribution is 7.09. The summed E-state index contributed by atoms with van der Waals surface area (Å²) in [4.78, 5) is 16.1. The van der Waals surface area contributed by atoms with Crippen molar-refractivity contribution >= 4 is 34.5 Å². The molecule has 2 rings (SSSR count). The summed E-state index contributed by atoms with van der Waals surface area (Å²) < 4.78 is 0. The van der Waals surface area contributed by atoms with Crippen molar-refractivity contribution in [2.75, 3.05) is 5.32 Å². The Kier molecular flexibility index (Phi) is 3.61. The maximum Gasteiger partial charge on any atom is 0.250 e. The summed E-state index contributed by atoms with van der Waals surface area (Å²) in [6.07, 6.45) is 1.80. The van der Waals surface area contributed by atoms with Gasteiger partial charge in [-0.15, -0.1) is 11.3 Å². The summed E-state index contributed by atoms with van der Waals surface area (Å²) in [5.41, 5.74) is 8.11. The standard InChI is InChI=1S/C11H10ClN3OS/c12-10-3-7(1-2-9(10)11(13)16)15-5-8-4-14-6-17-8/h1-4,6,15H,5H2,(H2,13,16). The zero-order valence-electron chi connectivity index (χ0n) is 8.81. The normalized spacial score (nSPS) is 10.2. The topological polar surface area (TPSA) is 68.0 Å². The van der Waals surface area contributed by atoms with E-state index >= 15 is 0 Å². The van der Waals surface area contributed by atoms with Crippen molar-refractivity contribution in [3.05, 3.63) is 45.4 Å². The molecule has 1 aromatic carbocycles. The summed E-state index contributed by atoms with van der Waals surface area (Å²) in [7, 11) is 0. The zero-order valence-corrected chi connectivity index (χ0v) is 10.4. The van der Waals surface area contributed by atoms with Crippen LogP contribution >= 0.6 is 22.9 Å². The maximum absolute atomic E-state index is 11.0. The van der Waals surface area contributed by atoms with Gasteiger partial charge in [-0.05, 0) is 18.2 Å². The number of carbonyl (C=O) groups excluding carboxylic acids is 1. The monoisotopic (exact) mass is 267 g/mol. The van der Waals surface area contributed by atoms with Crippen LogP contribution in [0.3, 0.4) is 0 Å². The molecular formula is C11H10ClN3OS. The van der Waals surface area contributed by atoms with E-state index in [0.717, 1.165) is 10.6 Å². The summed E-state index contributed by atoms with van der Waals surface area (Å²) in [6, 6.07) is 5.06. The van der Waals surface area contributed by atoms with Gasteiger partial charge < -0.3 is 11.1 Å². The fraction of sp³-hybridized carbons (Fsp3) is 0.0909. The molecule has 0 aliphatic heterocycles. The number of hydrogen-bond acceptors (Lipinski definition) is 4. The van der Waals surface area contributed by atoms with Gasteiger partial charge in [0.25, 0.3) is 0 Å². The van der Waals surface area contributed by atoms with Gasteiger partial charge >= 0.3 is 0 Å². The molecule has 17 heavy (non-hydrogen) atoms. The van der Waals surface area contributed by atoms with Crippen LogP contribution < -0.4 is 11.1 Å². The summed E-state index contributed by atoms with van der Waals surface area (Å²) in [6.45, 7) is 0.677. The van der Waals surface area contributed by atoms with Gasteiger partial charge in [-0.25, -0.2) is 0 Å². The van der Waals surface area contributed by atoms with Crippen LogP contribution in [0.2, 0.25) is 5.02 Å². The minimum Gasteiger partial charge on any atom is -0.380 e. The number of nitrogens with zero attached hydrogens (tertiary/aromatic N) is 1. The fourth-order valence-electron chi connectivity index (χ4n) is 1.34. The van der Waals surface area contributed by atoms with Gasteiger partial charge in [0.05, 0.1) is 22.6 Å². The molecule has 0 saturated heterocycles. The Morgan fingerprint density at radius 1 is 1.53 bits per heavy atom. The second-order valence-corrected chi connectivity index (χ2v) is 4.76. The molecule has 0 aliphatic carbocycles. The number of benzene rings is 1. The van der Waals surface area contributed by atoms with Gasteiger partial charge in [-0.1, -0.05) is 11.6 Å². The third-order valence-corrected chi connectivity index (χ3v) is 3.28. The van der Waals surface area contributed by atoms with E-state index in [1.54, 1.807) is 41.2 Å². The van der Waals surface area contributed by atoms with Crippen molar-refractivity contribution in [3.8, 4) is 0 Å². The average molecular weight is 268 g/mol. The van der Waals surface area contributed by atoms with E-state index in [0.29, 0.717) is 17.1 Å². The molecule has 1 heterocycles. The SMILES string of the molecule is NC(=O)c1ccc(NCc2cncs2)cc1Cl. The molecule has 0 saturated carbocycles.